The van der Waals surface area contributed by atoms with Crippen molar-refractivity contribution in [3.63, 3.8) is 0 Å². The Labute approximate surface area is 179 Å². The number of aryl methyl sites for hydroxylation is 1. The van der Waals surface area contributed by atoms with Gasteiger partial charge < -0.3 is 14.8 Å². The van der Waals surface area contributed by atoms with Crippen LogP contribution in [0.1, 0.15) is 37.4 Å². The molecule has 2 atom stereocenters. The number of rotatable bonds is 9. The van der Waals surface area contributed by atoms with Crippen LogP contribution in [0.25, 0.3) is 0 Å². The average molecular weight is 435 g/mol. The van der Waals surface area contributed by atoms with Crippen LogP contribution in [0, 0.1) is 6.92 Å². The van der Waals surface area contributed by atoms with Gasteiger partial charge in [-0.25, -0.2) is 8.42 Å². The molecule has 30 heavy (non-hydrogen) atoms. The number of amides is 1. The number of hydrogen-bond donors (Lipinski definition) is 1. The van der Waals surface area contributed by atoms with Gasteiger partial charge in [0, 0.05) is 6.07 Å². The molecular weight excluding hydrogens is 404 g/mol. The minimum atomic E-state index is -3.80. The second-order valence-electron chi connectivity index (χ2n) is 7.15. The molecule has 1 amide bonds. The lowest BCUT2D eigenvalue weighted by Crippen LogP contribution is -2.48. The first-order chi connectivity index (χ1) is 14.1. The molecule has 8 heteroatoms. The van der Waals surface area contributed by atoms with Crippen LogP contribution in [-0.4, -0.2) is 40.8 Å². The molecule has 0 bridgehead atoms. The first-order valence-electron chi connectivity index (χ1n) is 9.70. The second kappa shape index (κ2) is 9.84. The van der Waals surface area contributed by atoms with Crippen LogP contribution in [0.3, 0.4) is 0 Å². The quantitative estimate of drug-likeness (QED) is 0.654. The Morgan fingerprint density at radius 3 is 2.23 bits per heavy atom. The van der Waals surface area contributed by atoms with E-state index < -0.39 is 22.0 Å². The summed E-state index contributed by atoms with van der Waals surface area (Å²) in [5.74, 6) is 0.377. The molecule has 0 unspecified atom stereocenters. The fourth-order valence-electron chi connectivity index (χ4n) is 3.26. The summed E-state index contributed by atoms with van der Waals surface area (Å²) in [5, 5.41) is 2.97. The largest absolute Gasteiger partial charge is 0.497 e. The van der Waals surface area contributed by atoms with E-state index in [0.717, 1.165) is 21.7 Å². The predicted octanol–water partition coefficient (Wildman–Crippen LogP) is 3.43. The highest BCUT2D eigenvalue weighted by Crippen LogP contribution is 2.35. The highest BCUT2D eigenvalue weighted by Gasteiger charge is 2.32. The van der Waals surface area contributed by atoms with Crippen molar-refractivity contribution in [1.29, 1.82) is 0 Å². The zero-order chi connectivity index (χ0) is 22.5. The number of ether oxygens (including phenoxy) is 2. The maximum absolute atomic E-state index is 13.1. The molecule has 0 fully saturated rings. The van der Waals surface area contributed by atoms with E-state index in [1.807, 2.05) is 38.1 Å². The number of carbonyl (C=O) groups excluding carboxylic acids is 1. The first kappa shape index (κ1) is 23.5. The van der Waals surface area contributed by atoms with Crippen molar-refractivity contribution in [2.45, 2.75) is 39.3 Å². The van der Waals surface area contributed by atoms with Crippen molar-refractivity contribution in [2.24, 2.45) is 0 Å². The highest BCUT2D eigenvalue weighted by atomic mass is 32.2. The third-order valence-corrected chi connectivity index (χ3v) is 6.14. The van der Waals surface area contributed by atoms with Gasteiger partial charge in [-0.05, 0) is 38.0 Å². The van der Waals surface area contributed by atoms with Gasteiger partial charge in [0.25, 0.3) is 0 Å². The predicted molar refractivity (Wildman–Crippen MR) is 119 cm³/mol. The van der Waals surface area contributed by atoms with Crippen LogP contribution < -0.4 is 19.1 Å². The smallest absolute Gasteiger partial charge is 0.244 e. The van der Waals surface area contributed by atoms with E-state index in [0.29, 0.717) is 17.9 Å². The molecule has 0 aromatic heterocycles. The van der Waals surface area contributed by atoms with E-state index in [9.17, 15) is 13.2 Å². The topological polar surface area (TPSA) is 84.9 Å². The Kier molecular flexibility index (Phi) is 7.72. The zero-order valence-electron chi connectivity index (χ0n) is 18.3. The monoisotopic (exact) mass is 434 g/mol. The average Bonchev–Trinajstić information content (AvgIpc) is 2.71. The SMILES string of the molecule is CC[C@H](NC(=O)[C@H](C)N(c1cc(OC)ccc1OC)S(C)(=O)=O)c1ccc(C)cc1. The standard InChI is InChI=1S/C22H30N2O5S/c1-7-19(17-10-8-15(2)9-11-17)23-22(25)16(3)24(30(6,26)27)20-14-18(28-4)12-13-21(20)29-5/h8-14,16,19H,7H2,1-6H3,(H,23,25)/t16-,19-/m0/s1. The number of anilines is 1. The summed E-state index contributed by atoms with van der Waals surface area (Å²) in [6, 6.07) is 11.5. The summed E-state index contributed by atoms with van der Waals surface area (Å²) in [5.41, 5.74) is 2.33. The van der Waals surface area contributed by atoms with Gasteiger partial charge in [0.1, 0.15) is 17.5 Å². The summed E-state index contributed by atoms with van der Waals surface area (Å²) in [6.07, 6.45) is 1.73. The molecule has 7 nitrogen and oxygen atoms in total. The Hall–Kier alpha value is -2.74. The number of hydrogen-bond acceptors (Lipinski definition) is 5. The zero-order valence-corrected chi connectivity index (χ0v) is 19.1. The van der Waals surface area contributed by atoms with E-state index >= 15 is 0 Å². The number of nitrogens with one attached hydrogen (secondary N) is 1. The van der Waals surface area contributed by atoms with Crippen LogP contribution in [0.4, 0.5) is 5.69 Å². The number of benzene rings is 2. The molecule has 0 aliphatic heterocycles. The fourth-order valence-corrected chi connectivity index (χ4v) is 4.43. The maximum atomic E-state index is 13.1. The van der Waals surface area contributed by atoms with Crippen LogP contribution >= 0.6 is 0 Å². The minimum absolute atomic E-state index is 0.228. The van der Waals surface area contributed by atoms with Gasteiger partial charge in [0.15, 0.2) is 0 Å². The first-order valence-corrected chi connectivity index (χ1v) is 11.6. The Morgan fingerprint density at radius 2 is 1.73 bits per heavy atom. The molecule has 0 aliphatic rings. The number of carbonyl (C=O) groups is 1. The Balaban J connectivity index is 2.39. The van der Waals surface area contributed by atoms with Gasteiger partial charge in [0.05, 0.1) is 32.2 Å². The summed E-state index contributed by atoms with van der Waals surface area (Å²) in [7, 11) is -0.864. The highest BCUT2D eigenvalue weighted by molar-refractivity contribution is 7.92. The summed E-state index contributed by atoms with van der Waals surface area (Å²) in [4.78, 5) is 13.1. The number of nitrogens with zero attached hydrogens (tertiary/aromatic N) is 1. The molecule has 2 aromatic carbocycles. The van der Waals surface area contributed by atoms with E-state index in [1.165, 1.54) is 14.2 Å². The third kappa shape index (κ3) is 5.44. The molecule has 0 heterocycles. The molecule has 0 radical (unpaired) electrons. The molecule has 0 aliphatic carbocycles. The number of sulfonamides is 1. The van der Waals surface area contributed by atoms with Crippen molar-refractivity contribution in [1.82, 2.24) is 5.32 Å². The van der Waals surface area contributed by atoms with E-state index in [2.05, 4.69) is 5.32 Å². The molecular formula is C22H30N2O5S. The van der Waals surface area contributed by atoms with Gasteiger partial charge in [-0.15, -0.1) is 0 Å². The van der Waals surface area contributed by atoms with Crippen molar-refractivity contribution in [3.8, 4) is 11.5 Å². The lowest BCUT2D eigenvalue weighted by atomic mass is 10.0. The van der Waals surface area contributed by atoms with Crippen molar-refractivity contribution in [2.75, 3.05) is 24.8 Å². The van der Waals surface area contributed by atoms with Crippen LogP contribution in [0.15, 0.2) is 42.5 Å². The Morgan fingerprint density at radius 1 is 1.10 bits per heavy atom. The van der Waals surface area contributed by atoms with E-state index in [4.69, 9.17) is 9.47 Å². The lowest BCUT2D eigenvalue weighted by Gasteiger charge is -2.31. The van der Waals surface area contributed by atoms with E-state index in [1.54, 1.807) is 25.1 Å². The van der Waals surface area contributed by atoms with Crippen LogP contribution in [0.5, 0.6) is 11.5 Å². The number of methoxy groups -OCH3 is 2. The lowest BCUT2D eigenvalue weighted by molar-refractivity contribution is -0.122. The molecule has 1 N–H and O–H groups in total. The maximum Gasteiger partial charge on any atom is 0.244 e. The normalized spacial score (nSPS) is 13.3. The van der Waals surface area contributed by atoms with Crippen molar-refractivity contribution >= 4 is 21.6 Å². The van der Waals surface area contributed by atoms with Crippen LogP contribution in [0.2, 0.25) is 0 Å². The molecule has 164 valence electrons. The summed E-state index contributed by atoms with van der Waals surface area (Å²) in [6.45, 7) is 5.52. The molecule has 2 aromatic rings. The molecule has 0 saturated heterocycles. The third-order valence-electron chi connectivity index (χ3n) is 4.92. The minimum Gasteiger partial charge on any atom is -0.497 e. The Bertz CT molecular complexity index is 974. The van der Waals surface area contributed by atoms with E-state index in [-0.39, 0.29) is 11.7 Å². The van der Waals surface area contributed by atoms with Gasteiger partial charge in [-0.3, -0.25) is 9.10 Å². The van der Waals surface area contributed by atoms with Gasteiger partial charge >= 0.3 is 0 Å². The van der Waals surface area contributed by atoms with Crippen LogP contribution in [-0.2, 0) is 14.8 Å². The fraction of sp³-hybridized carbons (Fsp3) is 0.409. The molecule has 2 rings (SSSR count). The molecule has 0 saturated carbocycles. The van der Waals surface area contributed by atoms with Gasteiger partial charge in [-0.2, -0.15) is 0 Å². The summed E-state index contributed by atoms with van der Waals surface area (Å²) < 4.78 is 36.9. The van der Waals surface area contributed by atoms with Crippen molar-refractivity contribution < 1.29 is 22.7 Å². The van der Waals surface area contributed by atoms with Gasteiger partial charge in [-0.1, -0.05) is 36.8 Å². The van der Waals surface area contributed by atoms with Gasteiger partial charge in [0.2, 0.25) is 15.9 Å². The van der Waals surface area contributed by atoms with Crippen molar-refractivity contribution in [3.05, 3.63) is 53.6 Å². The second-order valence-corrected chi connectivity index (χ2v) is 9.01. The summed E-state index contributed by atoms with van der Waals surface area (Å²) >= 11 is 0. The molecule has 0 spiro atoms.